The van der Waals surface area contributed by atoms with E-state index in [4.69, 9.17) is 0 Å². The van der Waals surface area contributed by atoms with Gasteiger partial charge in [-0.25, -0.2) is 4.98 Å². The molecule has 0 atom stereocenters. The van der Waals surface area contributed by atoms with E-state index in [0.717, 1.165) is 38.5 Å². The minimum absolute atomic E-state index is 0.114. The molecular formula is C11H16N6O. The zero-order valence-corrected chi connectivity index (χ0v) is 10.3. The molecule has 7 nitrogen and oxygen atoms in total. The molecule has 0 spiro atoms. The second-order valence-electron chi connectivity index (χ2n) is 4.57. The van der Waals surface area contributed by atoms with Crippen molar-refractivity contribution in [3.63, 3.8) is 0 Å². The fourth-order valence-electron chi connectivity index (χ4n) is 2.19. The lowest BCUT2D eigenvalue weighted by Crippen LogP contribution is -2.43. The van der Waals surface area contributed by atoms with Gasteiger partial charge in [-0.1, -0.05) is 0 Å². The first kappa shape index (κ1) is 11.4. The highest BCUT2D eigenvalue weighted by Gasteiger charge is 2.13. The van der Waals surface area contributed by atoms with Crippen LogP contribution in [-0.4, -0.2) is 50.7 Å². The normalized spacial score (nSPS) is 17.4. The van der Waals surface area contributed by atoms with Gasteiger partial charge in [0.1, 0.15) is 5.82 Å². The molecule has 1 aliphatic heterocycles. The summed E-state index contributed by atoms with van der Waals surface area (Å²) in [6.07, 6.45) is 0. The maximum absolute atomic E-state index is 11.7. The molecule has 0 amide bonds. The maximum atomic E-state index is 11.7. The Morgan fingerprint density at radius 1 is 1.33 bits per heavy atom. The van der Waals surface area contributed by atoms with Crippen molar-refractivity contribution in [2.75, 3.05) is 26.2 Å². The predicted molar refractivity (Wildman–Crippen MR) is 66.5 cm³/mol. The molecule has 2 aromatic heterocycles. The number of aromatic amines is 1. The summed E-state index contributed by atoms with van der Waals surface area (Å²) in [6, 6.07) is 1.50. The third-order valence-electron chi connectivity index (χ3n) is 3.09. The van der Waals surface area contributed by atoms with Crippen LogP contribution >= 0.6 is 0 Å². The molecule has 0 aromatic carbocycles. The molecule has 0 bridgehead atoms. The van der Waals surface area contributed by atoms with E-state index >= 15 is 0 Å². The van der Waals surface area contributed by atoms with Gasteiger partial charge in [0.05, 0.1) is 6.54 Å². The van der Waals surface area contributed by atoms with Gasteiger partial charge in [-0.15, -0.1) is 0 Å². The lowest BCUT2D eigenvalue weighted by atomic mass is 10.3. The number of nitrogens with zero attached hydrogens (tertiary/aromatic N) is 4. The van der Waals surface area contributed by atoms with E-state index in [9.17, 15) is 4.79 Å². The highest BCUT2D eigenvalue weighted by atomic mass is 16.1. The van der Waals surface area contributed by atoms with Gasteiger partial charge in [0.15, 0.2) is 0 Å². The van der Waals surface area contributed by atoms with Gasteiger partial charge in [0.2, 0.25) is 0 Å². The number of hydrogen-bond acceptors (Lipinski definition) is 5. The van der Waals surface area contributed by atoms with Crippen LogP contribution in [-0.2, 0) is 6.54 Å². The second-order valence-corrected chi connectivity index (χ2v) is 4.57. The Bertz CT molecular complexity index is 610. The topological polar surface area (TPSA) is 78.3 Å². The van der Waals surface area contributed by atoms with Crippen molar-refractivity contribution in [1.82, 2.24) is 29.8 Å². The number of aryl methyl sites for hydroxylation is 1. The summed E-state index contributed by atoms with van der Waals surface area (Å²) in [5.74, 6) is 1.23. The minimum atomic E-state index is -0.114. The van der Waals surface area contributed by atoms with Crippen LogP contribution in [0.3, 0.4) is 0 Å². The molecule has 1 fully saturated rings. The van der Waals surface area contributed by atoms with Crippen LogP contribution in [0.25, 0.3) is 5.78 Å². The Morgan fingerprint density at radius 3 is 2.89 bits per heavy atom. The van der Waals surface area contributed by atoms with Crippen molar-refractivity contribution in [3.05, 3.63) is 27.9 Å². The number of H-pyrrole nitrogens is 1. The molecule has 2 N–H and O–H groups in total. The van der Waals surface area contributed by atoms with Crippen LogP contribution in [0.5, 0.6) is 0 Å². The summed E-state index contributed by atoms with van der Waals surface area (Å²) >= 11 is 0. The number of piperazine rings is 1. The summed E-state index contributed by atoms with van der Waals surface area (Å²) in [7, 11) is 0. The van der Waals surface area contributed by atoms with E-state index < -0.39 is 0 Å². The smallest absolute Gasteiger partial charge is 0.274 e. The molecular weight excluding hydrogens is 232 g/mol. The Hall–Kier alpha value is -1.73. The predicted octanol–water partition coefficient (Wildman–Crippen LogP) is -0.869. The third-order valence-corrected chi connectivity index (χ3v) is 3.09. The summed E-state index contributed by atoms with van der Waals surface area (Å²) in [5.41, 5.74) is 0.580. The van der Waals surface area contributed by atoms with Gasteiger partial charge in [0, 0.05) is 37.9 Å². The van der Waals surface area contributed by atoms with E-state index in [1.165, 1.54) is 10.6 Å². The highest BCUT2D eigenvalue weighted by molar-refractivity contribution is 5.27. The Kier molecular flexibility index (Phi) is 2.85. The average Bonchev–Trinajstić information content (AvgIpc) is 2.73. The molecule has 2 aromatic rings. The first-order chi connectivity index (χ1) is 8.72. The quantitative estimate of drug-likeness (QED) is 0.722. The number of nitrogens with one attached hydrogen (secondary N) is 2. The summed E-state index contributed by atoms with van der Waals surface area (Å²) in [6.45, 7) is 6.52. The summed E-state index contributed by atoms with van der Waals surface area (Å²) < 4.78 is 1.39. The standard InChI is InChI=1S/C11H16N6O/c1-8-6-10(18)17-11(13-8)14-9(15-17)7-16-4-2-12-3-5-16/h6,12H,2-5,7H2,1H3,(H,13,14,15). The van der Waals surface area contributed by atoms with Crippen molar-refractivity contribution in [1.29, 1.82) is 0 Å². The van der Waals surface area contributed by atoms with Crippen LogP contribution in [0.1, 0.15) is 11.5 Å². The van der Waals surface area contributed by atoms with Crippen molar-refractivity contribution in [2.45, 2.75) is 13.5 Å². The first-order valence-electron chi connectivity index (χ1n) is 6.11. The zero-order valence-electron chi connectivity index (χ0n) is 10.3. The van der Waals surface area contributed by atoms with E-state index in [1.807, 2.05) is 0 Å². The lowest BCUT2D eigenvalue weighted by molar-refractivity contribution is 0.228. The van der Waals surface area contributed by atoms with Gasteiger partial charge >= 0.3 is 0 Å². The third kappa shape index (κ3) is 2.14. The molecule has 96 valence electrons. The number of fused-ring (bicyclic) bond motifs is 1. The molecule has 0 radical (unpaired) electrons. The first-order valence-corrected chi connectivity index (χ1v) is 6.11. The van der Waals surface area contributed by atoms with Crippen LogP contribution in [0.2, 0.25) is 0 Å². The van der Waals surface area contributed by atoms with Gasteiger partial charge < -0.3 is 5.32 Å². The Balaban J connectivity index is 1.88. The van der Waals surface area contributed by atoms with E-state index in [2.05, 4.69) is 25.3 Å². The van der Waals surface area contributed by atoms with E-state index in [1.54, 1.807) is 6.92 Å². The SMILES string of the molecule is Cc1cc(=O)n2[nH]c(CN3CCNCC3)nc2n1. The molecule has 0 saturated carbocycles. The molecule has 3 heterocycles. The molecule has 0 aliphatic carbocycles. The molecule has 3 rings (SSSR count). The van der Waals surface area contributed by atoms with Crippen LogP contribution in [0.15, 0.2) is 10.9 Å². The highest BCUT2D eigenvalue weighted by Crippen LogP contribution is 2.02. The van der Waals surface area contributed by atoms with Crippen molar-refractivity contribution in [3.8, 4) is 0 Å². The zero-order chi connectivity index (χ0) is 12.5. The van der Waals surface area contributed by atoms with Gasteiger partial charge in [0.25, 0.3) is 11.3 Å². The summed E-state index contributed by atoms with van der Waals surface area (Å²) in [5, 5.41) is 6.31. The van der Waals surface area contributed by atoms with Crippen molar-refractivity contribution < 1.29 is 0 Å². The Morgan fingerprint density at radius 2 is 2.11 bits per heavy atom. The van der Waals surface area contributed by atoms with Crippen molar-refractivity contribution >= 4 is 5.78 Å². The summed E-state index contributed by atoms with van der Waals surface area (Å²) in [4.78, 5) is 22.6. The van der Waals surface area contributed by atoms with E-state index in [-0.39, 0.29) is 5.56 Å². The van der Waals surface area contributed by atoms with Gasteiger partial charge in [-0.05, 0) is 6.92 Å². The fourth-order valence-corrected chi connectivity index (χ4v) is 2.19. The maximum Gasteiger partial charge on any atom is 0.274 e. The molecule has 1 saturated heterocycles. The molecule has 18 heavy (non-hydrogen) atoms. The van der Waals surface area contributed by atoms with Crippen LogP contribution < -0.4 is 10.9 Å². The van der Waals surface area contributed by atoms with Crippen LogP contribution in [0.4, 0.5) is 0 Å². The Labute approximate surface area is 104 Å². The lowest BCUT2D eigenvalue weighted by Gasteiger charge is -2.25. The van der Waals surface area contributed by atoms with Crippen molar-refractivity contribution in [2.24, 2.45) is 0 Å². The molecule has 0 unspecified atom stereocenters. The molecule has 1 aliphatic rings. The minimum Gasteiger partial charge on any atom is -0.314 e. The van der Waals surface area contributed by atoms with Gasteiger partial charge in [-0.3, -0.25) is 14.8 Å². The number of rotatable bonds is 2. The monoisotopic (exact) mass is 248 g/mol. The number of aromatic nitrogens is 4. The van der Waals surface area contributed by atoms with E-state index in [0.29, 0.717) is 11.5 Å². The molecule has 7 heteroatoms. The van der Waals surface area contributed by atoms with Crippen LogP contribution in [0, 0.1) is 6.92 Å². The van der Waals surface area contributed by atoms with Gasteiger partial charge in [-0.2, -0.15) is 9.50 Å². The second kappa shape index (κ2) is 4.51. The largest absolute Gasteiger partial charge is 0.314 e. The number of hydrogen-bond donors (Lipinski definition) is 2. The average molecular weight is 248 g/mol. The fraction of sp³-hybridized carbons (Fsp3) is 0.545.